The molecule has 3 rings (SSSR count). The molecule has 2 heterocycles. The predicted octanol–water partition coefficient (Wildman–Crippen LogP) is 0.362. The number of benzene rings is 1. The molecular formula is C17H17FN6O4. The first-order valence-electron chi connectivity index (χ1n) is 7.85. The first kappa shape index (κ1) is 20.5. The van der Waals surface area contributed by atoms with E-state index in [9.17, 15) is 19.1 Å². The van der Waals surface area contributed by atoms with Crippen LogP contribution in [0.5, 0.6) is 5.75 Å². The molecule has 0 atom stereocenters. The molecule has 1 amide bonds. The average Bonchev–Trinajstić information content (AvgIpc) is 3.12. The highest BCUT2D eigenvalue weighted by Crippen LogP contribution is 2.22. The molecule has 11 heteroatoms. The number of carboxylic acids is 1. The molecule has 0 aliphatic carbocycles. The minimum absolute atomic E-state index is 0.201. The summed E-state index contributed by atoms with van der Waals surface area (Å²) in [6, 6.07) is 7.41. The number of carbonyl (C=O) groups is 2. The first-order valence-corrected chi connectivity index (χ1v) is 7.85. The Hall–Kier alpha value is -3.86. The lowest BCUT2D eigenvalue weighted by Crippen LogP contribution is -2.13. The highest BCUT2D eigenvalue weighted by molar-refractivity contribution is 5.93. The van der Waals surface area contributed by atoms with Crippen LogP contribution in [0.2, 0.25) is 0 Å². The fourth-order valence-corrected chi connectivity index (χ4v) is 2.07. The van der Waals surface area contributed by atoms with Gasteiger partial charge < -0.3 is 21.7 Å². The number of primary amides is 1. The number of rotatable bonds is 5. The Morgan fingerprint density at radius 3 is 2.39 bits per heavy atom. The van der Waals surface area contributed by atoms with Gasteiger partial charge >= 0.3 is 5.97 Å². The number of aliphatic carboxylic acids is 1. The molecule has 0 spiro atoms. The van der Waals surface area contributed by atoms with Crippen molar-refractivity contribution in [2.45, 2.75) is 6.54 Å². The molecule has 0 fully saturated rings. The maximum absolute atomic E-state index is 12.9. The maximum Gasteiger partial charge on any atom is 0.317 e. The number of pyridine rings is 1. The van der Waals surface area contributed by atoms with Gasteiger partial charge in [0.25, 0.3) is 5.91 Å². The maximum atomic E-state index is 12.9. The van der Waals surface area contributed by atoms with Crippen molar-refractivity contribution in [1.82, 2.24) is 20.0 Å². The summed E-state index contributed by atoms with van der Waals surface area (Å²) in [5, 5.41) is 25.3. The van der Waals surface area contributed by atoms with Crippen LogP contribution in [0.3, 0.4) is 0 Å². The second-order valence-electron chi connectivity index (χ2n) is 5.48. The standard InChI is InChI=1S/C15H12FN5O2.C2H5NO2/c16-11-3-1-9(2-4-11)7-21-8-12(19-20-21)10-5-13(22)14(15(17)23)18-6-10;3-1-2(4)5/h1-6,8,22H,7H2,(H2,17,23);1,3H2,(H,4,5). The number of aromatic hydroxyl groups is 1. The van der Waals surface area contributed by atoms with Crippen LogP contribution in [0.4, 0.5) is 4.39 Å². The molecule has 2 aromatic heterocycles. The quantitative estimate of drug-likeness (QED) is 0.485. The van der Waals surface area contributed by atoms with Gasteiger partial charge in [-0.05, 0) is 23.8 Å². The average molecular weight is 388 g/mol. The molecule has 28 heavy (non-hydrogen) atoms. The highest BCUT2D eigenvalue weighted by atomic mass is 19.1. The molecule has 0 saturated heterocycles. The summed E-state index contributed by atoms with van der Waals surface area (Å²) in [5.74, 6) is -2.40. The summed E-state index contributed by atoms with van der Waals surface area (Å²) in [5.41, 5.74) is 11.3. The van der Waals surface area contributed by atoms with Crippen molar-refractivity contribution in [3.05, 3.63) is 59.8 Å². The van der Waals surface area contributed by atoms with Gasteiger partial charge in [0.1, 0.15) is 17.3 Å². The van der Waals surface area contributed by atoms with E-state index in [4.69, 9.17) is 10.8 Å². The summed E-state index contributed by atoms with van der Waals surface area (Å²) in [6.07, 6.45) is 3.04. The van der Waals surface area contributed by atoms with Crippen LogP contribution in [0.25, 0.3) is 11.3 Å². The molecule has 3 aromatic rings. The molecule has 0 unspecified atom stereocenters. The summed E-state index contributed by atoms with van der Waals surface area (Å²) in [7, 11) is 0. The molecule has 0 saturated carbocycles. The Kier molecular flexibility index (Phi) is 6.71. The number of nitrogens with two attached hydrogens (primary N) is 2. The Morgan fingerprint density at radius 1 is 1.21 bits per heavy atom. The zero-order valence-electron chi connectivity index (χ0n) is 14.5. The lowest BCUT2D eigenvalue weighted by molar-refractivity contribution is -0.135. The van der Waals surface area contributed by atoms with E-state index in [0.29, 0.717) is 17.8 Å². The van der Waals surface area contributed by atoms with E-state index in [1.165, 1.54) is 24.4 Å². The Balaban J connectivity index is 0.000000500. The van der Waals surface area contributed by atoms with Gasteiger partial charge in [0.15, 0.2) is 5.69 Å². The second kappa shape index (κ2) is 9.19. The fraction of sp³-hybridized carbons (Fsp3) is 0.118. The zero-order chi connectivity index (χ0) is 20.7. The van der Waals surface area contributed by atoms with Crippen molar-refractivity contribution in [2.75, 3.05) is 6.54 Å². The summed E-state index contributed by atoms with van der Waals surface area (Å²) in [4.78, 5) is 24.1. The number of carbonyl (C=O) groups excluding carboxylic acids is 1. The molecule has 6 N–H and O–H groups in total. The number of aromatic nitrogens is 4. The van der Waals surface area contributed by atoms with E-state index in [1.807, 2.05) is 0 Å². The lowest BCUT2D eigenvalue weighted by atomic mass is 10.2. The molecule has 10 nitrogen and oxygen atoms in total. The van der Waals surface area contributed by atoms with E-state index in [2.05, 4.69) is 21.0 Å². The van der Waals surface area contributed by atoms with Gasteiger partial charge in [-0.2, -0.15) is 0 Å². The third kappa shape index (κ3) is 5.57. The molecule has 1 aromatic carbocycles. The Labute approximate surface area is 158 Å². The summed E-state index contributed by atoms with van der Waals surface area (Å²) >= 11 is 0. The van der Waals surface area contributed by atoms with Crippen LogP contribution in [0, 0.1) is 5.82 Å². The number of hydrogen-bond donors (Lipinski definition) is 4. The Bertz CT molecular complexity index is 974. The fourth-order valence-electron chi connectivity index (χ4n) is 2.07. The topological polar surface area (TPSA) is 170 Å². The largest absolute Gasteiger partial charge is 0.505 e. The minimum atomic E-state index is -0.968. The third-order valence-corrected chi connectivity index (χ3v) is 3.37. The number of amides is 1. The normalized spacial score (nSPS) is 10.1. The molecule has 0 aliphatic rings. The van der Waals surface area contributed by atoms with E-state index >= 15 is 0 Å². The molecule has 0 aliphatic heterocycles. The van der Waals surface area contributed by atoms with Gasteiger partial charge in [-0.1, -0.05) is 17.3 Å². The van der Waals surface area contributed by atoms with Crippen LogP contribution in [-0.4, -0.2) is 48.6 Å². The van der Waals surface area contributed by atoms with Crippen molar-refractivity contribution >= 4 is 11.9 Å². The van der Waals surface area contributed by atoms with Crippen molar-refractivity contribution in [3.8, 4) is 17.0 Å². The van der Waals surface area contributed by atoms with Gasteiger partial charge in [0, 0.05) is 11.8 Å². The van der Waals surface area contributed by atoms with E-state index in [0.717, 1.165) is 5.56 Å². The molecule has 0 radical (unpaired) electrons. The number of halogens is 1. The van der Waals surface area contributed by atoms with Crippen molar-refractivity contribution in [2.24, 2.45) is 11.5 Å². The van der Waals surface area contributed by atoms with Crippen LogP contribution in [0.15, 0.2) is 42.7 Å². The van der Waals surface area contributed by atoms with Gasteiger partial charge in [0.2, 0.25) is 0 Å². The predicted molar refractivity (Wildman–Crippen MR) is 95.6 cm³/mol. The summed E-state index contributed by atoms with van der Waals surface area (Å²) in [6.45, 7) is 0.145. The molecule has 0 bridgehead atoms. The van der Waals surface area contributed by atoms with E-state index in [1.54, 1.807) is 23.0 Å². The van der Waals surface area contributed by atoms with Gasteiger partial charge in [-0.15, -0.1) is 5.10 Å². The monoisotopic (exact) mass is 388 g/mol. The van der Waals surface area contributed by atoms with Crippen LogP contribution in [-0.2, 0) is 11.3 Å². The zero-order valence-corrected chi connectivity index (χ0v) is 14.5. The smallest absolute Gasteiger partial charge is 0.317 e. The molecule has 146 valence electrons. The van der Waals surface area contributed by atoms with Gasteiger partial charge in [-0.25, -0.2) is 14.1 Å². The number of hydrogen-bond acceptors (Lipinski definition) is 7. The van der Waals surface area contributed by atoms with Crippen molar-refractivity contribution in [1.29, 1.82) is 0 Å². The van der Waals surface area contributed by atoms with Crippen LogP contribution >= 0.6 is 0 Å². The van der Waals surface area contributed by atoms with E-state index in [-0.39, 0.29) is 23.8 Å². The summed E-state index contributed by atoms with van der Waals surface area (Å²) < 4.78 is 14.5. The lowest BCUT2D eigenvalue weighted by Gasteiger charge is -2.01. The van der Waals surface area contributed by atoms with Crippen molar-refractivity contribution < 1.29 is 24.2 Å². The Morgan fingerprint density at radius 2 is 1.86 bits per heavy atom. The second-order valence-corrected chi connectivity index (χ2v) is 5.48. The van der Waals surface area contributed by atoms with Crippen LogP contribution < -0.4 is 11.5 Å². The molecular weight excluding hydrogens is 371 g/mol. The third-order valence-electron chi connectivity index (χ3n) is 3.37. The number of carboxylic acid groups (broad SMARTS) is 1. The van der Waals surface area contributed by atoms with Crippen molar-refractivity contribution in [3.63, 3.8) is 0 Å². The van der Waals surface area contributed by atoms with Gasteiger partial charge in [0.05, 0.1) is 19.3 Å². The van der Waals surface area contributed by atoms with Crippen LogP contribution in [0.1, 0.15) is 16.1 Å². The SMILES string of the molecule is NC(=O)c1ncc(-c2cn(Cc3ccc(F)cc3)nn2)cc1O.NCC(=O)O. The minimum Gasteiger partial charge on any atom is -0.505 e. The van der Waals surface area contributed by atoms with Gasteiger partial charge in [-0.3, -0.25) is 9.59 Å². The number of nitrogens with zero attached hydrogens (tertiary/aromatic N) is 4. The van der Waals surface area contributed by atoms with E-state index < -0.39 is 11.9 Å². The first-order chi connectivity index (χ1) is 13.3. The highest BCUT2D eigenvalue weighted by Gasteiger charge is 2.12.